The number of para-hydroxylation sites is 1. The van der Waals surface area contributed by atoms with Crippen LogP contribution in [0, 0.1) is 0 Å². The molecule has 74 valence electrons. The standard InChI is InChI=1S/C11H12O3/c1-8(11(13)14)6-7-9-4-2-3-5-10(9)12/h2-6,12H,7H2,1H3,(H,13,14)/b8-6+. The Bertz CT molecular complexity index is 367. The summed E-state index contributed by atoms with van der Waals surface area (Å²) in [6, 6.07) is 6.88. The predicted octanol–water partition coefficient (Wildman–Crippen LogP) is 1.97. The normalized spacial score (nSPS) is 11.4. The molecule has 0 atom stereocenters. The fourth-order valence-corrected chi connectivity index (χ4v) is 1.03. The Kier molecular flexibility index (Phi) is 3.29. The second-order valence-corrected chi connectivity index (χ2v) is 3.03. The zero-order chi connectivity index (χ0) is 10.6. The summed E-state index contributed by atoms with van der Waals surface area (Å²) in [5.74, 6) is -0.734. The number of carboxylic acids is 1. The summed E-state index contributed by atoms with van der Waals surface area (Å²) in [5.41, 5.74) is 1.02. The maximum atomic E-state index is 10.5. The zero-order valence-electron chi connectivity index (χ0n) is 7.90. The largest absolute Gasteiger partial charge is 0.508 e. The van der Waals surface area contributed by atoms with Gasteiger partial charge in [-0.3, -0.25) is 0 Å². The van der Waals surface area contributed by atoms with Crippen LogP contribution in [0.2, 0.25) is 0 Å². The van der Waals surface area contributed by atoms with E-state index < -0.39 is 5.97 Å². The van der Waals surface area contributed by atoms with E-state index >= 15 is 0 Å². The maximum Gasteiger partial charge on any atom is 0.330 e. The third-order valence-corrected chi connectivity index (χ3v) is 1.96. The Morgan fingerprint density at radius 2 is 2.07 bits per heavy atom. The van der Waals surface area contributed by atoms with Crippen molar-refractivity contribution in [2.24, 2.45) is 0 Å². The molecule has 0 heterocycles. The Balaban J connectivity index is 2.76. The number of aromatic hydroxyl groups is 1. The van der Waals surface area contributed by atoms with E-state index in [1.54, 1.807) is 30.3 Å². The number of phenolic OH excluding ortho intramolecular Hbond substituents is 1. The lowest BCUT2D eigenvalue weighted by molar-refractivity contribution is -0.132. The Morgan fingerprint density at radius 3 is 2.64 bits per heavy atom. The van der Waals surface area contributed by atoms with Crippen LogP contribution in [-0.2, 0) is 11.2 Å². The first-order chi connectivity index (χ1) is 6.61. The molecule has 1 aromatic carbocycles. The summed E-state index contributed by atoms with van der Waals surface area (Å²) < 4.78 is 0. The molecule has 0 aliphatic rings. The second kappa shape index (κ2) is 4.46. The van der Waals surface area contributed by atoms with Gasteiger partial charge in [0.1, 0.15) is 5.75 Å². The van der Waals surface area contributed by atoms with Gasteiger partial charge in [-0.05, 0) is 25.0 Å². The van der Waals surface area contributed by atoms with Gasteiger partial charge in [0.05, 0.1) is 0 Å². The van der Waals surface area contributed by atoms with Gasteiger partial charge in [-0.15, -0.1) is 0 Å². The van der Waals surface area contributed by atoms with Gasteiger partial charge < -0.3 is 10.2 Å². The molecule has 2 N–H and O–H groups in total. The first-order valence-corrected chi connectivity index (χ1v) is 4.28. The first kappa shape index (κ1) is 10.3. The molecule has 3 nitrogen and oxygen atoms in total. The van der Waals surface area contributed by atoms with Crippen LogP contribution in [0.3, 0.4) is 0 Å². The van der Waals surface area contributed by atoms with Gasteiger partial charge in [-0.2, -0.15) is 0 Å². The Labute approximate surface area is 82.3 Å². The number of rotatable bonds is 3. The van der Waals surface area contributed by atoms with E-state index in [1.807, 2.05) is 0 Å². The van der Waals surface area contributed by atoms with Crippen LogP contribution >= 0.6 is 0 Å². The summed E-state index contributed by atoms with van der Waals surface area (Å²) in [5, 5.41) is 18.0. The summed E-state index contributed by atoms with van der Waals surface area (Å²) in [7, 11) is 0. The molecule has 0 radical (unpaired) electrons. The molecule has 0 aliphatic heterocycles. The van der Waals surface area contributed by atoms with E-state index in [0.29, 0.717) is 6.42 Å². The Hall–Kier alpha value is -1.77. The van der Waals surface area contributed by atoms with Gasteiger partial charge in [-0.1, -0.05) is 24.3 Å². The highest BCUT2D eigenvalue weighted by Crippen LogP contribution is 2.16. The van der Waals surface area contributed by atoms with E-state index in [2.05, 4.69) is 0 Å². The fourth-order valence-electron chi connectivity index (χ4n) is 1.03. The summed E-state index contributed by atoms with van der Waals surface area (Å²) in [6.07, 6.45) is 2.02. The van der Waals surface area contributed by atoms with Gasteiger partial charge in [0.15, 0.2) is 0 Å². The van der Waals surface area contributed by atoms with E-state index in [-0.39, 0.29) is 11.3 Å². The molecule has 1 aromatic rings. The molecule has 1 rings (SSSR count). The minimum atomic E-state index is -0.930. The molecule has 3 heteroatoms. The number of carboxylic acid groups (broad SMARTS) is 1. The van der Waals surface area contributed by atoms with Gasteiger partial charge in [-0.25, -0.2) is 4.79 Å². The van der Waals surface area contributed by atoms with E-state index in [0.717, 1.165) is 5.56 Å². The minimum absolute atomic E-state index is 0.196. The molecule has 0 aromatic heterocycles. The highest BCUT2D eigenvalue weighted by atomic mass is 16.4. The van der Waals surface area contributed by atoms with Crippen LogP contribution in [-0.4, -0.2) is 16.2 Å². The van der Waals surface area contributed by atoms with Crippen molar-refractivity contribution in [3.05, 3.63) is 41.5 Å². The van der Waals surface area contributed by atoms with Crippen molar-refractivity contribution >= 4 is 5.97 Å². The predicted molar refractivity (Wildman–Crippen MR) is 53.2 cm³/mol. The second-order valence-electron chi connectivity index (χ2n) is 3.03. The first-order valence-electron chi connectivity index (χ1n) is 4.28. The molecule has 0 saturated heterocycles. The van der Waals surface area contributed by atoms with E-state index in [1.165, 1.54) is 6.92 Å². The molecular formula is C11H12O3. The van der Waals surface area contributed by atoms with Crippen LogP contribution in [0.1, 0.15) is 12.5 Å². The molecule has 0 spiro atoms. The van der Waals surface area contributed by atoms with E-state index in [4.69, 9.17) is 5.11 Å². The quantitative estimate of drug-likeness (QED) is 0.720. The lowest BCUT2D eigenvalue weighted by atomic mass is 10.1. The van der Waals surface area contributed by atoms with Gasteiger partial charge in [0.2, 0.25) is 0 Å². The molecule has 0 aliphatic carbocycles. The molecule has 0 amide bonds. The summed E-state index contributed by atoms with van der Waals surface area (Å²) >= 11 is 0. The third kappa shape index (κ3) is 2.62. The number of hydrogen-bond donors (Lipinski definition) is 2. The minimum Gasteiger partial charge on any atom is -0.508 e. The molecule has 0 unspecified atom stereocenters. The van der Waals surface area contributed by atoms with Gasteiger partial charge in [0.25, 0.3) is 0 Å². The topological polar surface area (TPSA) is 57.5 Å². The average Bonchev–Trinajstić information content (AvgIpc) is 2.16. The number of aliphatic carboxylic acids is 1. The van der Waals surface area contributed by atoms with Crippen LogP contribution in [0.25, 0.3) is 0 Å². The van der Waals surface area contributed by atoms with Crippen LogP contribution in [0.4, 0.5) is 0 Å². The van der Waals surface area contributed by atoms with Crippen molar-refractivity contribution in [1.82, 2.24) is 0 Å². The summed E-state index contributed by atoms with van der Waals surface area (Å²) in [6.45, 7) is 1.53. The van der Waals surface area contributed by atoms with Gasteiger partial charge in [0, 0.05) is 5.57 Å². The van der Waals surface area contributed by atoms with Crippen molar-refractivity contribution in [3.8, 4) is 5.75 Å². The number of phenols is 1. The average molecular weight is 192 g/mol. The third-order valence-electron chi connectivity index (χ3n) is 1.96. The maximum absolute atomic E-state index is 10.5. The van der Waals surface area contributed by atoms with Crippen molar-refractivity contribution in [2.75, 3.05) is 0 Å². The van der Waals surface area contributed by atoms with Crippen LogP contribution in [0.5, 0.6) is 5.75 Å². The summed E-state index contributed by atoms with van der Waals surface area (Å²) in [4.78, 5) is 10.5. The smallest absolute Gasteiger partial charge is 0.330 e. The van der Waals surface area contributed by atoms with Crippen molar-refractivity contribution in [1.29, 1.82) is 0 Å². The number of allylic oxidation sites excluding steroid dienone is 1. The van der Waals surface area contributed by atoms with Crippen molar-refractivity contribution in [3.63, 3.8) is 0 Å². The molecule has 0 fully saturated rings. The van der Waals surface area contributed by atoms with Crippen LogP contribution < -0.4 is 0 Å². The van der Waals surface area contributed by atoms with Gasteiger partial charge >= 0.3 is 5.97 Å². The lowest BCUT2D eigenvalue weighted by Crippen LogP contribution is -1.96. The zero-order valence-corrected chi connectivity index (χ0v) is 7.90. The fraction of sp³-hybridized carbons (Fsp3) is 0.182. The lowest BCUT2D eigenvalue weighted by Gasteiger charge is -2.00. The van der Waals surface area contributed by atoms with Crippen LogP contribution in [0.15, 0.2) is 35.9 Å². The molecular weight excluding hydrogens is 180 g/mol. The van der Waals surface area contributed by atoms with E-state index in [9.17, 15) is 9.90 Å². The van der Waals surface area contributed by atoms with Crippen molar-refractivity contribution in [2.45, 2.75) is 13.3 Å². The molecule has 0 bridgehead atoms. The SMILES string of the molecule is C/C(=C\Cc1ccccc1O)C(=O)O. The Morgan fingerprint density at radius 1 is 1.43 bits per heavy atom. The number of hydrogen-bond acceptors (Lipinski definition) is 2. The molecule has 14 heavy (non-hydrogen) atoms. The number of benzene rings is 1. The van der Waals surface area contributed by atoms with Crippen molar-refractivity contribution < 1.29 is 15.0 Å². The highest BCUT2D eigenvalue weighted by molar-refractivity contribution is 5.85. The number of carbonyl (C=O) groups is 1. The monoisotopic (exact) mass is 192 g/mol. The highest BCUT2D eigenvalue weighted by Gasteiger charge is 2.01. The molecule has 0 saturated carbocycles.